The molecule has 3 aromatic heterocycles. The number of ether oxygens (including phenoxy) is 1. The van der Waals surface area contributed by atoms with E-state index in [-0.39, 0.29) is 10.6 Å². The molecule has 0 saturated heterocycles. The van der Waals surface area contributed by atoms with Gasteiger partial charge in [0.2, 0.25) is 0 Å². The molecule has 5 aromatic rings. The van der Waals surface area contributed by atoms with Crippen LogP contribution in [0.5, 0.6) is 0 Å². The molecule has 3 heterocycles. The lowest BCUT2D eigenvalue weighted by Crippen LogP contribution is -2.13. The number of para-hydroxylation sites is 1. The number of thiophene rings is 2. The maximum Gasteiger partial charge on any atom is 0.310 e. The van der Waals surface area contributed by atoms with Gasteiger partial charge in [0.05, 0.1) is 24.7 Å². The molecule has 0 atom stereocenters. The van der Waals surface area contributed by atoms with Crippen molar-refractivity contribution in [1.29, 1.82) is 5.26 Å². The van der Waals surface area contributed by atoms with Gasteiger partial charge in [-0.05, 0) is 35.2 Å². The van der Waals surface area contributed by atoms with Crippen LogP contribution in [-0.4, -0.2) is 25.5 Å². The minimum absolute atomic E-state index is 0.000336. The summed E-state index contributed by atoms with van der Waals surface area (Å²) >= 11 is 2.36. The molecule has 0 aliphatic carbocycles. The number of nitriles is 1. The van der Waals surface area contributed by atoms with E-state index < -0.39 is 16.0 Å². The summed E-state index contributed by atoms with van der Waals surface area (Å²) in [6.07, 6.45) is 0.000336. The van der Waals surface area contributed by atoms with Gasteiger partial charge in [-0.2, -0.15) is 13.7 Å². The van der Waals surface area contributed by atoms with Gasteiger partial charge >= 0.3 is 5.97 Å². The lowest BCUT2D eigenvalue weighted by atomic mass is 9.99. The molecular formula is C26H18N2O4S3. The topological polar surface area (TPSA) is 89.2 Å². The zero-order valence-corrected chi connectivity index (χ0v) is 20.9. The Kier molecular flexibility index (Phi) is 6.03. The quantitative estimate of drug-likeness (QED) is 0.260. The molecule has 0 N–H and O–H groups in total. The van der Waals surface area contributed by atoms with Crippen LogP contribution in [0, 0.1) is 11.3 Å². The average molecular weight is 519 g/mol. The maximum atomic E-state index is 14.1. The molecule has 2 aromatic carbocycles. The Balaban J connectivity index is 1.84. The highest BCUT2D eigenvalue weighted by Gasteiger charge is 2.30. The number of hydrogen-bond donors (Lipinski definition) is 0. The highest BCUT2D eigenvalue weighted by atomic mass is 32.2. The highest BCUT2D eigenvalue weighted by Crippen LogP contribution is 2.45. The van der Waals surface area contributed by atoms with Gasteiger partial charge < -0.3 is 4.74 Å². The van der Waals surface area contributed by atoms with E-state index in [0.717, 1.165) is 16.7 Å². The summed E-state index contributed by atoms with van der Waals surface area (Å²) in [5.74, 6) is -0.434. The summed E-state index contributed by atoms with van der Waals surface area (Å²) in [5.41, 5.74) is 3.10. The van der Waals surface area contributed by atoms with Crippen molar-refractivity contribution in [3.8, 4) is 28.5 Å². The molecule has 9 heteroatoms. The van der Waals surface area contributed by atoms with E-state index in [4.69, 9.17) is 4.74 Å². The molecule has 0 aliphatic heterocycles. The third-order valence-electron chi connectivity index (χ3n) is 5.59. The molecule has 0 radical (unpaired) electrons. The lowest BCUT2D eigenvalue weighted by molar-refractivity contribution is -0.139. The Hall–Kier alpha value is -3.71. The smallest absolute Gasteiger partial charge is 0.310 e. The van der Waals surface area contributed by atoms with Crippen molar-refractivity contribution < 1.29 is 17.9 Å². The van der Waals surface area contributed by atoms with Crippen LogP contribution in [0.4, 0.5) is 0 Å². The SMILES string of the molecule is COC(=O)Cc1ccc(S(=O)(=O)n2c(-c3ccccc3)c(-c3ccsc3C#N)c3ccccc32)s1. The molecule has 5 rings (SSSR count). The maximum absolute atomic E-state index is 14.1. The zero-order valence-electron chi connectivity index (χ0n) is 18.5. The number of methoxy groups -OCH3 is 1. The number of benzene rings is 2. The Morgan fingerprint density at radius 3 is 2.51 bits per heavy atom. The minimum atomic E-state index is -4.05. The lowest BCUT2D eigenvalue weighted by Gasteiger charge is -2.12. The summed E-state index contributed by atoms with van der Waals surface area (Å²) in [6.45, 7) is 0. The molecule has 35 heavy (non-hydrogen) atoms. The van der Waals surface area contributed by atoms with Gasteiger partial charge in [-0.15, -0.1) is 22.7 Å². The molecule has 0 spiro atoms. The first-order valence-corrected chi connectivity index (χ1v) is 13.7. The summed E-state index contributed by atoms with van der Waals surface area (Å²) in [5, 5.41) is 12.3. The first kappa shape index (κ1) is 23.1. The molecular weight excluding hydrogens is 500 g/mol. The number of esters is 1. The van der Waals surface area contributed by atoms with E-state index in [1.54, 1.807) is 18.2 Å². The van der Waals surface area contributed by atoms with Gasteiger partial charge in [0, 0.05) is 21.4 Å². The van der Waals surface area contributed by atoms with Crippen LogP contribution in [0.1, 0.15) is 9.75 Å². The molecule has 0 unspecified atom stereocenters. The van der Waals surface area contributed by atoms with Crippen molar-refractivity contribution in [2.75, 3.05) is 7.11 Å². The zero-order chi connectivity index (χ0) is 24.6. The molecule has 0 amide bonds. The van der Waals surface area contributed by atoms with E-state index in [9.17, 15) is 18.5 Å². The number of carbonyl (C=O) groups excluding carboxylic acids is 1. The molecule has 0 fully saturated rings. The van der Waals surface area contributed by atoms with E-state index in [0.29, 0.717) is 37.7 Å². The van der Waals surface area contributed by atoms with Crippen LogP contribution < -0.4 is 0 Å². The molecule has 174 valence electrons. The normalized spacial score (nSPS) is 11.4. The van der Waals surface area contributed by atoms with Crippen LogP contribution in [0.25, 0.3) is 33.3 Å². The number of rotatable bonds is 6. The summed E-state index contributed by atoms with van der Waals surface area (Å²) in [7, 11) is -2.75. The van der Waals surface area contributed by atoms with Crippen molar-refractivity contribution in [2.45, 2.75) is 10.6 Å². The molecule has 0 aliphatic rings. The fourth-order valence-electron chi connectivity index (χ4n) is 4.08. The van der Waals surface area contributed by atoms with Gasteiger partial charge in [-0.1, -0.05) is 48.5 Å². The predicted molar refractivity (Wildman–Crippen MR) is 138 cm³/mol. The predicted octanol–water partition coefficient (Wildman–Crippen LogP) is 5.92. The van der Waals surface area contributed by atoms with Gasteiger partial charge in [0.1, 0.15) is 15.2 Å². The second kappa shape index (κ2) is 9.15. The van der Waals surface area contributed by atoms with E-state index in [2.05, 4.69) is 6.07 Å². The van der Waals surface area contributed by atoms with Crippen LogP contribution in [0.3, 0.4) is 0 Å². The van der Waals surface area contributed by atoms with Crippen molar-refractivity contribution >= 4 is 49.6 Å². The van der Waals surface area contributed by atoms with Crippen LogP contribution in [-0.2, 0) is 26.0 Å². The average Bonchev–Trinajstić information content (AvgIpc) is 3.61. The standard InChI is InChI=1S/C26H18N2O4S3/c1-32-23(29)15-18-11-12-24(34-18)35(30,31)28-21-10-6-5-9-19(21)25(20-13-14-33-22(20)16-27)26(28)17-7-3-2-4-8-17/h2-14H,15H2,1H3. The van der Waals surface area contributed by atoms with Gasteiger partial charge in [-0.25, -0.2) is 3.97 Å². The third kappa shape index (κ3) is 3.96. The van der Waals surface area contributed by atoms with Gasteiger partial charge in [0.15, 0.2) is 0 Å². The molecule has 0 bridgehead atoms. The van der Waals surface area contributed by atoms with Gasteiger partial charge in [-0.3, -0.25) is 4.79 Å². The molecule has 0 saturated carbocycles. The first-order valence-electron chi connectivity index (χ1n) is 10.5. The fraction of sp³-hybridized carbons (Fsp3) is 0.0769. The third-order valence-corrected chi connectivity index (χ3v) is 9.68. The Bertz CT molecular complexity index is 1700. The Morgan fingerprint density at radius 1 is 1.03 bits per heavy atom. The number of fused-ring (bicyclic) bond motifs is 1. The van der Waals surface area contributed by atoms with Crippen LogP contribution in [0.2, 0.25) is 0 Å². The van der Waals surface area contributed by atoms with Crippen molar-refractivity contribution in [1.82, 2.24) is 3.97 Å². The highest BCUT2D eigenvalue weighted by molar-refractivity contribution is 7.92. The molecule has 6 nitrogen and oxygen atoms in total. The van der Waals surface area contributed by atoms with E-state index >= 15 is 0 Å². The Morgan fingerprint density at radius 2 is 1.77 bits per heavy atom. The minimum Gasteiger partial charge on any atom is -0.469 e. The van der Waals surface area contributed by atoms with E-state index in [1.807, 2.05) is 53.9 Å². The van der Waals surface area contributed by atoms with Crippen molar-refractivity contribution in [3.63, 3.8) is 0 Å². The monoisotopic (exact) mass is 518 g/mol. The number of hydrogen-bond acceptors (Lipinski definition) is 7. The summed E-state index contributed by atoms with van der Waals surface area (Å²) < 4.78 is 34.5. The van der Waals surface area contributed by atoms with Crippen LogP contribution in [0.15, 0.2) is 82.4 Å². The number of carbonyl (C=O) groups is 1. The number of nitrogens with zero attached hydrogens (tertiary/aromatic N) is 2. The van der Waals surface area contributed by atoms with E-state index in [1.165, 1.54) is 28.5 Å². The largest absolute Gasteiger partial charge is 0.469 e. The number of aromatic nitrogens is 1. The van der Waals surface area contributed by atoms with Crippen molar-refractivity contribution in [3.05, 3.63) is 87.9 Å². The second-order valence-corrected chi connectivity index (χ2v) is 11.7. The van der Waals surface area contributed by atoms with Crippen LogP contribution >= 0.6 is 22.7 Å². The summed E-state index contributed by atoms with van der Waals surface area (Å²) in [4.78, 5) is 12.8. The van der Waals surface area contributed by atoms with Crippen molar-refractivity contribution in [2.24, 2.45) is 0 Å². The van der Waals surface area contributed by atoms with Gasteiger partial charge in [0.25, 0.3) is 10.0 Å². The fourth-order valence-corrected chi connectivity index (χ4v) is 7.73. The summed E-state index contributed by atoms with van der Waals surface area (Å²) in [6, 6.07) is 23.8. The first-order chi connectivity index (χ1) is 17.0. The Labute approximate surface area is 210 Å². The second-order valence-electron chi connectivity index (χ2n) is 7.63.